The number of nitrogens with one attached hydrogen (secondary N) is 2. The van der Waals surface area contributed by atoms with E-state index in [0.29, 0.717) is 18.8 Å². The van der Waals surface area contributed by atoms with Crippen molar-refractivity contribution in [2.24, 2.45) is 0 Å². The molecule has 0 aromatic carbocycles. The van der Waals surface area contributed by atoms with Crippen molar-refractivity contribution in [3.63, 3.8) is 0 Å². The van der Waals surface area contributed by atoms with Crippen LogP contribution in [0.3, 0.4) is 0 Å². The molecule has 2 rings (SSSR count). The molecular weight excluding hydrogens is 304 g/mol. The Morgan fingerprint density at radius 1 is 1.17 bits per heavy atom. The van der Waals surface area contributed by atoms with Crippen molar-refractivity contribution >= 4 is 17.8 Å². The molecule has 1 aliphatic carbocycles. The van der Waals surface area contributed by atoms with Crippen molar-refractivity contribution in [1.82, 2.24) is 15.3 Å². The number of carbonyl (C=O) groups excluding carboxylic acids is 2. The van der Waals surface area contributed by atoms with Gasteiger partial charge in [-0.2, -0.15) is 0 Å². The minimum atomic E-state index is -0.0505. The lowest BCUT2D eigenvalue weighted by Crippen LogP contribution is -2.39. The third-order valence-electron chi connectivity index (χ3n) is 4.25. The van der Waals surface area contributed by atoms with E-state index in [9.17, 15) is 9.59 Å². The van der Waals surface area contributed by atoms with Gasteiger partial charge in [0.2, 0.25) is 17.8 Å². The summed E-state index contributed by atoms with van der Waals surface area (Å²) in [6.07, 6.45) is 9.28. The van der Waals surface area contributed by atoms with Gasteiger partial charge in [-0.25, -0.2) is 9.97 Å². The van der Waals surface area contributed by atoms with Crippen molar-refractivity contribution in [2.75, 3.05) is 5.32 Å². The molecule has 1 aromatic rings. The molecule has 1 unspecified atom stereocenters. The van der Waals surface area contributed by atoms with Gasteiger partial charge in [0.25, 0.3) is 0 Å². The smallest absolute Gasteiger partial charge is 0.229 e. The first-order valence-corrected chi connectivity index (χ1v) is 9.06. The minimum Gasteiger partial charge on any atom is -0.353 e. The maximum absolute atomic E-state index is 11.9. The van der Waals surface area contributed by atoms with E-state index in [4.69, 9.17) is 0 Å². The fraction of sp³-hybridized carbons (Fsp3) is 0.667. The number of aromatic nitrogens is 2. The molecule has 2 N–H and O–H groups in total. The number of aryl methyl sites for hydroxylation is 1. The number of nitrogens with zero attached hydrogens (tertiary/aromatic N) is 2. The molecule has 0 saturated carbocycles. The van der Waals surface area contributed by atoms with Crippen LogP contribution in [0.1, 0.15) is 70.1 Å². The highest BCUT2D eigenvalue weighted by atomic mass is 16.2. The third-order valence-corrected chi connectivity index (χ3v) is 4.25. The molecule has 0 spiro atoms. The topological polar surface area (TPSA) is 84.0 Å². The zero-order valence-corrected chi connectivity index (χ0v) is 14.7. The number of carbonyl (C=O) groups is 2. The standard InChI is InChI=1S/C18H28N4O2/c1-3-5-6-8-17(24)20-14-9-10-15-13(11-14)12-19-18(21-15)22-16(23)7-4-2/h12,14H,3-11H2,1-2H3,(H,20,24)(H,19,21,22,23). The van der Waals surface area contributed by atoms with Crippen molar-refractivity contribution in [1.29, 1.82) is 0 Å². The summed E-state index contributed by atoms with van der Waals surface area (Å²) in [7, 11) is 0. The van der Waals surface area contributed by atoms with Gasteiger partial charge >= 0.3 is 0 Å². The van der Waals surface area contributed by atoms with E-state index in [0.717, 1.165) is 56.2 Å². The van der Waals surface area contributed by atoms with E-state index in [1.807, 2.05) is 6.92 Å². The summed E-state index contributed by atoms with van der Waals surface area (Å²) < 4.78 is 0. The van der Waals surface area contributed by atoms with E-state index in [-0.39, 0.29) is 17.9 Å². The first kappa shape index (κ1) is 18.4. The van der Waals surface area contributed by atoms with E-state index in [1.165, 1.54) is 0 Å². The Hall–Kier alpha value is -1.98. The molecule has 0 bridgehead atoms. The number of fused-ring (bicyclic) bond motifs is 1. The van der Waals surface area contributed by atoms with Gasteiger partial charge in [0.1, 0.15) is 0 Å². The monoisotopic (exact) mass is 332 g/mol. The molecule has 24 heavy (non-hydrogen) atoms. The maximum atomic E-state index is 11.9. The van der Waals surface area contributed by atoms with Crippen LogP contribution in [-0.2, 0) is 22.4 Å². The molecule has 0 radical (unpaired) electrons. The van der Waals surface area contributed by atoms with E-state index < -0.39 is 0 Å². The second-order valence-corrected chi connectivity index (χ2v) is 6.43. The second kappa shape index (κ2) is 9.35. The Labute approximate surface area is 143 Å². The van der Waals surface area contributed by atoms with E-state index in [1.54, 1.807) is 6.20 Å². The predicted octanol–water partition coefficient (Wildman–Crippen LogP) is 2.77. The van der Waals surface area contributed by atoms with Crippen LogP contribution >= 0.6 is 0 Å². The number of hydrogen-bond acceptors (Lipinski definition) is 4. The summed E-state index contributed by atoms with van der Waals surface area (Å²) in [6, 6.07) is 0.163. The quantitative estimate of drug-likeness (QED) is 0.717. The summed E-state index contributed by atoms with van der Waals surface area (Å²) >= 11 is 0. The average Bonchev–Trinajstić information content (AvgIpc) is 2.55. The average molecular weight is 332 g/mol. The number of amides is 2. The largest absolute Gasteiger partial charge is 0.353 e. The molecule has 1 atom stereocenters. The highest BCUT2D eigenvalue weighted by Crippen LogP contribution is 2.20. The summed E-state index contributed by atoms with van der Waals surface area (Å²) in [5.41, 5.74) is 2.04. The van der Waals surface area contributed by atoms with Crippen LogP contribution in [0.5, 0.6) is 0 Å². The molecule has 0 aliphatic heterocycles. The lowest BCUT2D eigenvalue weighted by molar-refractivity contribution is -0.122. The van der Waals surface area contributed by atoms with Crippen molar-refractivity contribution in [3.8, 4) is 0 Å². The molecule has 6 nitrogen and oxygen atoms in total. The van der Waals surface area contributed by atoms with Gasteiger partial charge in [0.15, 0.2) is 0 Å². The van der Waals surface area contributed by atoms with E-state index >= 15 is 0 Å². The molecule has 6 heteroatoms. The minimum absolute atomic E-state index is 0.0505. The third kappa shape index (κ3) is 5.58. The predicted molar refractivity (Wildman–Crippen MR) is 93.7 cm³/mol. The van der Waals surface area contributed by atoms with Gasteiger partial charge < -0.3 is 5.32 Å². The SMILES string of the molecule is CCCCCC(=O)NC1CCc2nc(NC(=O)CCC)ncc2C1. The molecule has 0 fully saturated rings. The van der Waals surface area contributed by atoms with Crippen LogP contribution in [0.15, 0.2) is 6.20 Å². The molecule has 132 valence electrons. The Morgan fingerprint density at radius 3 is 2.75 bits per heavy atom. The Bertz CT molecular complexity index is 574. The Morgan fingerprint density at radius 2 is 2.00 bits per heavy atom. The van der Waals surface area contributed by atoms with Gasteiger partial charge in [-0.3, -0.25) is 14.9 Å². The summed E-state index contributed by atoms with van der Waals surface area (Å²) in [5.74, 6) is 0.473. The zero-order chi connectivity index (χ0) is 17.4. The lowest BCUT2D eigenvalue weighted by atomic mass is 9.92. The number of hydrogen-bond donors (Lipinski definition) is 2. The van der Waals surface area contributed by atoms with E-state index in [2.05, 4.69) is 27.5 Å². The summed E-state index contributed by atoms with van der Waals surface area (Å²) in [6.45, 7) is 4.10. The first-order valence-electron chi connectivity index (χ1n) is 9.06. The number of unbranched alkanes of at least 4 members (excludes halogenated alkanes) is 2. The molecule has 1 heterocycles. The van der Waals surface area contributed by atoms with Gasteiger partial charge in [-0.15, -0.1) is 0 Å². The van der Waals surface area contributed by atoms with Crippen LogP contribution < -0.4 is 10.6 Å². The fourth-order valence-corrected chi connectivity index (χ4v) is 2.94. The summed E-state index contributed by atoms with van der Waals surface area (Å²) in [5, 5.41) is 5.85. The molecule has 0 saturated heterocycles. The Balaban J connectivity index is 1.87. The van der Waals surface area contributed by atoms with Gasteiger partial charge in [-0.05, 0) is 37.7 Å². The van der Waals surface area contributed by atoms with Crippen LogP contribution in [0, 0.1) is 0 Å². The molecule has 1 aromatic heterocycles. The van der Waals surface area contributed by atoms with Gasteiger partial charge in [-0.1, -0.05) is 26.7 Å². The highest BCUT2D eigenvalue weighted by Gasteiger charge is 2.22. The summed E-state index contributed by atoms with van der Waals surface area (Å²) in [4.78, 5) is 32.3. The van der Waals surface area contributed by atoms with Gasteiger partial charge in [0, 0.05) is 30.8 Å². The zero-order valence-electron chi connectivity index (χ0n) is 14.7. The Kier molecular flexibility index (Phi) is 7.15. The van der Waals surface area contributed by atoms with Crippen LogP contribution in [-0.4, -0.2) is 27.8 Å². The normalized spacial score (nSPS) is 16.3. The van der Waals surface area contributed by atoms with Crippen molar-refractivity contribution < 1.29 is 9.59 Å². The van der Waals surface area contributed by atoms with Crippen LogP contribution in [0.25, 0.3) is 0 Å². The van der Waals surface area contributed by atoms with Crippen LogP contribution in [0.2, 0.25) is 0 Å². The molecular formula is C18H28N4O2. The van der Waals surface area contributed by atoms with Crippen LogP contribution in [0.4, 0.5) is 5.95 Å². The highest BCUT2D eigenvalue weighted by molar-refractivity contribution is 5.88. The van der Waals surface area contributed by atoms with Crippen molar-refractivity contribution in [3.05, 3.63) is 17.5 Å². The second-order valence-electron chi connectivity index (χ2n) is 6.43. The number of rotatable bonds is 8. The molecule has 1 aliphatic rings. The molecule has 2 amide bonds. The van der Waals surface area contributed by atoms with Gasteiger partial charge in [0.05, 0.1) is 0 Å². The number of anilines is 1. The lowest BCUT2D eigenvalue weighted by Gasteiger charge is -2.25. The first-order chi connectivity index (χ1) is 11.6. The maximum Gasteiger partial charge on any atom is 0.229 e. The fourth-order valence-electron chi connectivity index (χ4n) is 2.94. The van der Waals surface area contributed by atoms with Crippen molar-refractivity contribution in [2.45, 2.75) is 77.7 Å².